The number of rotatable bonds is 4. The van der Waals surface area contributed by atoms with E-state index in [4.69, 9.17) is 0 Å². The van der Waals surface area contributed by atoms with E-state index in [2.05, 4.69) is 10.3 Å². The number of nitro groups is 1. The SMILES string of the molecule is O=C(c1cccc(C(F)(F)F)c1)c1cn(-c2ccccc2[N+](=O)[O-])nn1. The van der Waals surface area contributed by atoms with Gasteiger partial charge in [-0.15, -0.1) is 5.10 Å². The average Bonchev–Trinajstić information content (AvgIpc) is 3.10. The number of benzene rings is 2. The van der Waals surface area contributed by atoms with Gasteiger partial charge in [-0.2, -0.15) is 13.2 Å². The molecule has 0 N–H and O–H groups in total. The van der Waals surface area contributed by atoms with Gasteiger partial charge < -0.3 is 0 Å². The maximum Gasteiger partial charge on any atom is 0.416 e. The van der Waals surface area contributed by atoms with Gasteiger partial charge in [0.2, 0.25) is 5.78 Å². The quantitative estimate of drug-likeness (QED) is 0.403. The number of alkyl halides is 3. The van der Waals surface area contributed by atoms with Gasteiger partial charge >= 0.3 is 6.18 Å². The number of ketones is 1. The predicted octanol–water partition coefficient (Wildman–Crippen LogP) is 3.43. The number of carbonyl (C=O) groups excluding carboxylic acids is 1. The lowest BCUT2D eigenvalue weighted by atomic mass is 10.1. The number of aromatic nitrogens is 3. The molecule has 0 unspecified atom stereocenters. The highest BCUT2D eigenvalue weighted by atomic mass is 19.4. The van der Waals surface area contributed by atoms with Crippen LogP contribution in [0, 0.1) is 10.1 Å². The number of nitrogens with zero attached hydrogens (tertiary/aromatic N) is 4. The second-order valence-electron chi connectivity index (χ2n) is 5.20. The van der Waals surface area contributed by atoms with Crippen LogP contribution in [-0.4, -0.2) is 25.7 Å². The summed E-state index contributed by atoms with van der Waals surface area (Å²) in [6.07, 6.45) is -3.45. The largest absolute Gasteiger partial charge is 0.416 e. The van der Waals surface area contributed by atoms with Crippen molar-refractivity contribution in [2.75, 3.05) is 0 Å². The van der Waals surface area contributed by atoms with E-state index in [0.717, 1.165) is 23.0 Å². The molecule has 0 saturated heterocycles. The van der Waals surface area contributed by atoms with E-state index in [9.17, 15) is 28.1 Å². The topological polar surface area (TPSA) is 90.9 Å². The molecule has 0 amide bonds. The second kappa shape index (κ2) is 6.39. The Kier molecular flexibility index (Phi) is 4.24. The van der Waals surface area contributed by atoms with Crippen LogP contribution in [0.4, 0.5) is 18.9 Å². The summed E-state index contributed by atoms with van der Waals surface area (Å²) in [4.78, 5) is 22.8. The normalized spacial score (nSPS) is 11.3. The fourth-order valence-electron chi connectivity index (χ4n) is 2.28. The standard InChI is InChI=1S/C16H9F3N4O3/c17-16(18,19)11-5-3-4-10(8-11)15(24)12-9-22(21-20-12)13-6-1-2-7-14(13)23(25)26/h1-9H. The Hall–Kier alpha value is -3.56. The first-order valence-electron chi connectivity index (χ1n) is 7.15. The fourth-order valence-corrected chi connectivity index (χ4v) is 2.28. The Morgan fingerprint density at radius 1 is 1.12 bits per heavy atom. The van der Waals surface area contributed by atoms with Crippen LogP contribution < -0.4 is 0 Å². The van der Waals surface area contributed by atoms with Crippen molar-refractivity contribution in [3.8, 4) is 5.69 Å². The van der Waals surface area contributed by atoms with Gasteiger partial charge in [0.15, 0.2) is 5.69 Å². The Balaban J connectivity index is 1.96. The van der Waals surface area contributed by atoms with E-state index < -0.39 is 22.4 Å². The molecule has 3 aromatic rings. The molecule has 0 spiro atoms. The Morgan fingerprint density at radius 3 is 2.54 bits per heavy atom. The fraction of sp³-hybridized carbons (Fsp3) is 0.0625. The second-order valence-corrected chi connectivity index (χ2v) is 5.20. The summed E-state index contributed by atoms with van der Waals surface area (Å²) < 4.78 is 39.3. The highest BCUT2D eigenvalue weighted by Gasteiger charge is 2.31. The van der Waals surface area contributed by atoms with Gasteiger partial charge in [0, 0.05) is 11.6 Å². The molecule has 0 aliphatic rings. The third-order valence-electron chi connectivity index (χ3n) is 3.50. The number of halogens is 3. The number of hydrogen-bond donors (Lipinski definition) is 0. The van der Waals surface area contributed by atoms with Crippen molar-refractivity contribution < 1.29 is 22.9 Å². The predicted molar refractivity (Wildman–Crippen MR) is 82.9 cm³/mol. The summed E-state index contributed by atoms with van der Waals surface area (Å²) >= 11 is 0. The van der Waals surface area contributed by atoms with Crippen LogP contribution in [0.3, 0.4) is 0 Å². The molecule has 0 aliphatic heterocycles. The van der Waals surface area contributed by atoms with Gasteiger partial charge in [0.25, 0.3) is 5.69 Å². The van der Waals surface area contributed by atoms with E-state index in [1.54, 1.807) is 0 Å². The molecule has 132 valence electrons. The lowest BCUT2D eigenvalue weighted by molar-refractivity contribution is -0.384. The first kappa shape index (κ1) is 17.3. The van der Waals surface area contributed by atoms with Crippen molar-refractivity contribution in [3.05, 3.63) is 81.7 Å². The van der Waals surface area contributed by atoms with Crippen LogP contribution >= 0.6 is 0 Å². The smallest absolute Gasteiger partial charge is 0.287 e. The zero-order valence-electron chi connectivity index (χ0n) is 12.8. The van der Waals surface area contributed by atoms with Crippen LogP contribution in [0.15, 0.2) is 54.7 Å². The van der Waals surface area contributed by atoms with Crippen molar-refractivity contribution in [2.45, 2.75) is 6.18 Å². The molecule has 2 aromatic carbocycles. The first-order chi connectivity index (χ1) is 12.3. The molecule has 1 heterocycles. The maximum absolute atomic E-state index is 12.8. The highest BCUT2D eigenvalue weighted by molar-refractivity contribution is 6.07. The van der Waals surface area contributed by atoms with Crippen LogP contribution in [-0.2, 0) is 6.18 Å². The molecular formula is C16H9F3N4O3. The molecular weight excluding hydrogens is 353 g/mol. The van der Waals surface area contributed by atoms with Crippen LogP contribution in [0.25, 0.3) is 5.69 Å². The molecule has 0 atom stereocenters. The van der Waals surface area contributed by atoms with Crippen LogP contribution in [0.1, 0.15) is 21.6 Å². The zero-order chi connectivity index (χ0) is 18.9. The van der Waals surface area contributed by atoms with Gasteiger partial charge in [0.1, 0.15) is 5.69 Å². The lowest BCUT2D eigenvalue weighted by Crippen LogP contribution is -2.08. The number of hydrogen-bond acceptors (Lipinski definition) is 5. The molecule has 0 fully saturated rings. The summed E-state index contributed by atoms with van der Waals surface area (Å²) in [7, 11) is 0. The van der Waals surface area contributed by atoms with Gasteiger partial charge in [-0.25, -0.2) is 4.68 Å². The minimum absolute atomic E-state index is 0.0769. The summed E-state index contributed by atoms with van der Waals surface area (Å²) in [5.74, 6) is -0.777. The van der Waals surface area contributed by atoms with E-state index >= 15 is 0 Å². The Bertz CT molecular complexity index is 998. The number of nitro benzene ring substituents is 1. The molecule has 1 aromatic heterocycles. The van der Waals surface area contributed by atoms with E-state index in [0.29, 0.717) is 6.07 Å². The molecule has 10 heteroatoms. The molecule has 26 heavy (non-hydrogen) atoms. The third-order valence-corrected chi connectivity index (χ3v) is 3.50. The van der Waals surface area contributed by atoms with Gasteiger partial charge in [0.05, 0.1) is 16.7 Å². The first-order valence-corrected chi connectivity index (χ1v) is 7.15. The van der Waals surface area contributed by atoms with Crippen molar-refractivity contribution in [3.63, 3.8) is 0 Å². The zero-order valence-corrected chi connectivity index (χ0v) is 12.8. The lowest BCUT2D eigenvalue weighted by Gasteiger charge is -2.07. The van der Waals surface area contributed by atoms with Crippen LogP contribution in [0.2, 0.25) is 0 Å². The summed E-state index contributed by atoms with van der Waals surface area (Å²) in [6, 6.07) is 9.57. The summed E-state index contributed by atoms with van der Waals surface area (Å²) in [5.41, 5.74) is -1.59. The van der Waals surface area contributed by atoms with Gasteiger partial charge in [-0.3, -0.25) is 14.9 Å². The minimum atomic E-state index is -4.58. The highest BCUT2D eigenvalue weighted by Crippen LogP contribution is 2.30. The molecule has 7 nitrogen and oxygen atoms in total. The summed E-state index contributed by atoms with van der Waals surface area (Å²) in [6.45, 7) is 0. The monoisotopic (exact) mass is 362 g/mol. The number of carbonyl (C=O) groups is 1. The molecule has 0 bridgehead atoms. The third kappa shape index (κ3) is 3.29. The summed E-state index contributed by atoms with van der Waals surface area (Å²) in [5, 5.41) is 18.3. The maximum atomic E-state index is 12.8. The van der Waals surface area contributed by atoms with Crippen molar-refractivity contribution in [1.29, 1.82) is 0 Å². The van der Waals surface area contributed by atoms with Gasteiger partial charge in [-0.1, -0.05) is 29.5 Å². The van der Waals surface area contributed by atoms with E-state index in [-0.39, 0.29) is 22.6 Å². The van der Waals surface area contributed by atoms with E-state index in [1.165, 1.54) is 30.3 Å². The molecule has 0 saturated carbocycles. The number of para-hydroxylation sites is 2. The van der Waals surface area contributed by atoms with Gasteiger partial charge in [-0.05, 0) is 18.2 Å². The van der Waals surface area contributed by atoms with Crippen LogP contribution in [0.5, 0.6) is 0 Å². The Morgan fingerprint density at radius 2 is 1.85 bits per heavy atom. The average molecular weight is 362 g/mol. The van der Waals surface area contributed by atoms with E-state index in [1.807, 2.05) is 0 Å². The van der Waals surface area contributed by atoms with Crippen molar-refractivity contribution in [1.82, 2.24) is 15.0 Å². The minimum Gasteiger partial charge on any atom is -0.287 e. The molecule has 0 radical (unpaired) electrons. The van der Waals surface area contributed by atoms with Crippen molar-refractivity contribution in [2.24, 2.45) is 0 Å². The molecule has 0 aliphatic carbocycles. The molecule has 3 rings (SSSR count). The Labute approximate surface area is 143 Å². The van der Waals surface area contributed by atoms with Crippen molar-refractivity contribution >= 4 is 11.5 Å².